The van der Waals surface area contributed by atoms with E-state index in [0.717, 1.165) is 6.54 Å². The topological polar surface area (TPSA) is 49.8 Å². The highest BCUT2D eigenvalue weighted by atomic mass is 16.5. The van der Waals surface area contributed by atoms with Gasteiger partial charge in [0.05, 0.1) is 19.6 Å². The monoisotopic (exact) mass is 219 g/mol. The minimum Gasteiger partial charge on any atom is -0.481 e. The largest absolute Gasteiger partial charge is 0.481 e. The van der Waals surface area contributed by atoms with Crippen LogP contribution in [0.4, 0.5) is 0 Å². The molecular weight excluding hydrogens is 194 g/mol. The van der Waals surface area contributed by atoms with Crippen molar-refractivity contribution in [2.45, 2.75) is 40.2 Å². The molecule has 0 aromatic carbocycles. The molecule has 0 spiro atoms. The van der Waals surface area contributed by atoms with Crippen molar-refractivity contribution in [3.8, 4) is 0 Å². The third-order valence-electron chi connectivity index (χ3n) is 1.93. The lowest BCUT2D eigenvalue weighted by Crippen LogP contribution is -2.29. The first-order valence-electron chi connectivity index (χ1n) is 5.53. The molecule has 92 valence electrons. The third kappa shape index (κ3) is 13.4. The molecule has 0 aliphatic carbocycles. The molecule has 15 heavy (non-hydrogen) atoms. The van der Waals surface area contributed by atoms with Gasteiger partial charge in [0.15, 0.2) is 0 Å². The summed E-state index contributed by atoms with van der Waals surface area (Å²) in [5, 5.41) is 8.32. The number of carboxylic acids is 1. The molecule has 0 aliphatic rings. The maximum atomic E-state index is 10.1. The Bertz CT molecular complexity index is 149. The summed E-state index contributed by atoms with van der Waals surface area (Å²) in [6.45, 7) is 9.97. The molecule has 0 rings (SSSR count). The molecule has 0 heterocycles. The van der Waals surface area contributed by atoms with E-state index < -0.39 is 5.97 Å². The van der Waals surface area contributed by atoms with Gasteiger partial charge in [0, 0.05) is 12.6 Å². The number of ether oxygens (including phenoxy) is 1. The summed E-state index contributed by atoms with van der Waals surface area (Å²) >= 11 is 0. The van der Waals surface area contributed by atoms with Gasteiger partial charge in [0.2, 0.25) is 0 Å². The molecule has 0 fully saturated rings. The molecule has 0 aromatic rings. The van der Waals surface area contributed by atoms with Crippen LogP contribution in [0.3, 0.4) is 0 Å². The van der Waals surface area contributed by atoms with Gasteiger partial charge in [-0.15, -0.1) is 0 Å². The Hall–Kier alpha value is -0.610. The van der Waals surface area contributed by atoms with Crippen molar-refractivity contribution in [2.75, 3.05) is 26.8 Å². The first-order chi connectivity index (χ1) is 7.04. The number of nitrogens with zero attached hydrogens (tertiary/aromatic N) is 1. The summed E-state index contributed by atoms with van der Waals surface area (Å²) in [6.07, 6.45) is 0.0887. The van der Waals surface area contributed by atoms with Crippen LogP contribution >= 0.6 is 0 Å². The highest BCUT2D eigenvalue weighted by Gasteiger charge is 2.02. The summed E-state index contributed by atoms with van der Waals surface area (Å²) in [6, 6.07) is 0.503. The second-order valence-corrected chi connectivity index (χ2v) is 3.33. The molecule has 0 saturated heterocycles. The van der Waals surface area contributed by atoms with E-state index in [4.69, 9.17) is 9.84 Å². The molecule has 0 atom stereocenters. The van der Waals surface area contributed by atoms with Crippen LogP contribution in [0.15, 0.2) is 0 Å². The Morgan fingerprint density at radius 3 is 2.27 bits per heavy atom. The molecule has 0 amide bonds. The third-order valence-corrected chi connectivity index (χ3v) is 1.93. The van der Waals surface area contributed by atoms with Gasteiger partial charge in [0.25, 0.3) is 0 Å². The SMILES string of the molecule is CC.CC(C)N(C)CCOCCC(=O)O. The van der Waals surface area contributed by atoms with Gasteiger partial charge in [-0.05, 0) is 20.9 Å². The molecular formula is C11H25NO3. The number of hydrogen-bond donors (Lipinski definition) is 1. The lowest BCUT2D eigenvalue weighted by molar-refractivity contribution is -0.138. The van der Waals surface area contributed by atoms with E-state index in [1.54, 1.807) is 0 Å². The van der Waals surface area contributed by atoms with Gasteiger partial charge in [-0.2, -0.15) is 0 Å². The van der Waals surface area contributed by atoms with Gasteiger partial charge in [0.1, 0.15) is 0 Å². The molecule has 0 bridgehead atoms. The van der Waals surface area contributed by atoms with Gasteiger partial charge >= 0.3 is 5.97 Å². The van der Waals surface area contributed by atoms with Crippen LogP contribution in [0.1, 0.15) is 34.1 Å². The standard InChI is InChI=1S/C9H19NO3.C2H6/c1-8(2)10(3)5-7-13-6-4-9(11)12;1-2/h8H,4-7H2,1-3H3,(H,11,12);1-2H3. The zero-order chi connectivity index (χ0) is 12.3. The highest BCUT2D eigenvalue weighted by molar-refractivity contribution is 5.66. The molecule has 0 aromatic heterocycles. The summed E-state index contributed by atoms with van der Waals surface area (Å²) in [5.41, 5.74) is 0. The summed E-state index contributed by atoms with van der Waals surface area (Å²) in [7, 11) is 2.02. The van der Waals surface area contributed by atoms with Crippen LogP contribution in [0.25, 0.3) is 0 Å². The highest BCUT2D eigenvalue weighted by Crippen LogP contribution is 1.92. The van der Waals surface area contributed by atoms with Crippen molar-refractivity contribution >= 4 is 5.97 Å². The van der Waals surface area contributed by atoms with Crippen LogP contribution in [0.2, 0.25) is 0 Å². The summed E-state index contributed by atoms with van der Waals surface area (Å²) < 4.78 is 5.14. The van der Waals surface area contributed by atoms with E-state index in [-0.39, 0.29) is 6.42 Å². The zero-order valence-corrected chi connectivity index (χ0v) is 10.6. The zero-order valence-electron chi connectivity index (χ0n) is 10.6. The normalized spacial score (nSPS) is 10.1. The smallest absolute Gasteiger partial charge is 0.305 e. The van der Waals surface area contributed by atoms with Crippen molar-refractivity contribution in [3.63, 3.8) is 0 Å². The number of hydrogen-bond acceptors (Lipinski definition) is 3. The van der Waals surface area contributed by atoms with E-state index in [1.165, 1.54) is 0 Å². The summed E-state index contributed by atoms with van der Waals surface area (Å²) in [4.78, 5) is 12.3. The average molecular weight is 219 g/mol. The Labute approximate surface area is 93.2 Å². The van der Waals surface area contributed by atoms with Crippen LogP contribution in [0, 0.1) is 0 Å². The molecule has 4 heteroatoms. The number of likely N-dealkylation sites (N-methyl/N-ethyl adjacent to an activating group) is 1. The van der Waals surface area contributed by atoms with Gasteiger partial charge in [-0.3, -0.25) is 4.79 Å². The molecule has 4 nitrogen and oxygen atoms in total. The molecule has 0 unspecified atom stereocenters. The van der Waals surface area contributed by atoms with E-state index in [0.29, 0.717) is 19.3 Å². The predicted octanol–water partition coefficient (Wildman–Crippen LogP) is 1.84. The number of carbonyl (C=O) groups is 1. The maximum Gasteiger partial charge on any atom is 0.305 e. The second-order valence-electron chi connectivity index (χ2n) is 3.33. The molecule has 0 radical (unpaired) electrons. The second kappa shape index (κ2) is 11.5. The Morgan fingerprint density at radius 2 is 1.87 bits per heavy atom. The maximum absolute atomic E-state index is 10.1. The molecule has 0 aliphatic heterocycles. The number of rotatable bonds is 7. The minimum absolute atomic E-state index is 0.0887. The summed E-state index contributed by atoms with van der Waals surface area (Å²) in [5.74, 6) is -0.808. The van der Waals surface area contributed by atoms with Crippen molar-refractivity contribution in [1.29, 1.82) is 0 Å². The van der Waals surface area contributed by atoms with Crippen molar-refractivity contribution in [3.05, 3.63) is 0 Å². The van der Waals surface area contributed by atoms with Gasteiger partial charge in [-0.25, -0.2) is 0 Å². The minimum atomic E-state index is -0.808. The number of carboxylic acid groups (broad SMARTS) is 1. The molecule has 0 saturated carbocycles. The number of aliphatic carboxylic acids is 1. The van der Waals surface area contributed by atoms with Crippen LogP contribution < -0.4 is 0 Å². The lowest BCUT2D eigenvalue weighted by atomic mass is 10.3. The van der Waals surface area contributed by atoms with E-state index in [1.807, 2.05) is 20.9 Å². The van der Waals surface area contributed by atoms with Crippen molar-refractivity contribution in [1.82, 2.24) is 4.90 Å². The average Bonchev–Trinajstić information content (AvgIpc) is 2.19. The first-order valence-corrected chi connectivity index (χ1v) is 5.53. The van der Waals surface area contributed by atoms with Crippen LogP contribution in [-0.2, 0) is 9.53 Å². The first kappa shape index (κ1) is 16.8. The predicted molar refractivity (Wildman–Crippen MR) is 62.2 cm³/mol. The fourth-order valence-electron chi connectivity index (χ4n) is 0.728. The van der Waals surface area contributed by atoms with E-state index in [9.17, 15) is 4.79 Å². The van der Waals surface area contributed by atoms with Crippen LogP contribution in [-0.4, -0.2) is 48.8 Å². The fourth-order valence-corrected chi connectivity index (χ4v) is 0.728. The Balaban J connectivity index is 0. The Morgan fingerprint density at radius 1 is 1.33 bits per heavy atom. The van der Waals surface area contributed by atoms with E-state index >= 15 is 0 Å². The molecule has 1 N–H and O–H groups in total. The van der Waals surface area contributed by atoms with Crippen molar-refractivity contribution in [2.24, 2.45) is 0 Å². The van der Waals surface area contributed by atoms with Crippen LogP contribution in [0.5, 0.6) is 0 Å². The van der Waals surface area contributed by atoms with Crippen molar-refractivity contribution < 1.29 is 14.6 Å². The van der Waals surface area contributed by atoms with Gasteiger partial charge in [-0.1, -0.05) is 13.8 Å². The van der Waals surface area contributed by atoms with E-state index in [2.05, 4.69) is 18.7 Å². The fraction of sp³-hybridized carbons (Fsp3) is 0.909. The lowest BCUT2D eigenvalue weighted by Gasteiger charge is -2.20. The van der Waals surface area contributed by atoms with Gasteiger partial charge < -0.3 is 14.7 Å². The quantitative estimate of drug-likeness (QED) is 0.664. The Kier molecular flexibility index (Phi) is 12.8.